The summed E-state index contributed by atoms with van der Waals surface area (Å²) >= 11 is 4.02. The molecule has 0 spiro atoms. The first kappa shape index (κ1) is 21.8. The fourth-order valence-corrected chi connectivity index (χ4v) is 3.28. The van der Waals surface area contributed by atoms with Gasteiger partial charge in [-0.25, -0.2) is 0 Å². The van der Waals surface area contributed by atoms with Crippen LogP contribution in [0.3, 0.4) is 0 Å². The standard InChI is InChI=1S/C14H25NO10S/c1-4(17)15-7-9(19)8(18)6(3-26)24-14(7)25-12-5(2-16)23-13(22)11(21)10(12)20/h5-14,16,18-22,26H,2-3H2,1H3,(H,15,17)/t5-,6-,7-,8-,9-,10-,11-,12-,13?,14?/m1/s1. The summed E-state index contributed by atoms with van der Waals surface area (Å²) in [6, 6.07) is -1.20. The molecule has 0 bridgehead atoms. The number of carbonyl (C=O) groups is 1. The second-order valence-corrected chi connectivity index (χ2v) is 6.63. The molecule has 152 valence electrons. The summed E-state index contributed by atoms with van der Waals surface area (Å²) in [5, 5.41) is 61.6. The lowest BCUT2D eigenvalue weighted by Gasteiger charge is -2.46. The minimum Gasteiger partial charge on any atom is -0.394 e. The summed E-state index contributed by atoms with van der Waals surface area (Å²) in [5.74, 6) is -0.503. The number of thiol groups is 1. The fourth-order valence-electron chi connectivity index (χ4n) is 2.98. The van der Waals surface area contributed by atoms with Gasteiger partial charge in [-0.15, -0.1) is 0 Å². The third-order valence-corrected chi connectivity index (χ3v) is 4.74. The van der Waals surface area contributed by atoms with E-state index in [4.69, 9.17) is 14.2 Å². The first-order valence-electron chi connectivity index (χ1n) is 8.06. The Kier molecular flexibility index (Phi) is 7.62. The van der Waals surface area contributed by atoms with Crippen molar-refractivity contribution in [1.82, 2.24) is 5.32 Å². The molecular weight excluding hydrogens is 374 g/mol. The Bertz CT molecular complexity index is 483. The van der Waals surface area contributed by atoms with Gasteiger partial charge in [-0.2, -0.15) is 12.6 Å². The second kappa shape index (κ2) is 9.10. The monoisotopic (exact) mass is 399 g/mol. The average molecular weight is 399 g/mol. The first-order chi connectivity index (χ1) is 12.2. The number of hydrogen-bond acceptors (Lipinski definition) is 11. The van der Waals surface area contributed by atoms with Crippen LogP contribution in [0.1, 0.15) is 6.92 Å². The van der Waals surface area contributed by atoms with Gasteiger partial charge in [0.1, 0.15) is 42.7 Å². The van der Waals surface area contributed by atoms with Crippen LogP contribution in [0.4, 0.5) is 0 Å². The van der Waals surface area contributed by atoms with Crippen LogP contribution in [0.2, 0.25) is 0 Å². The molecule has 0 aromatic carbocycles. The number of hydrogen-bond donors (Lipinski definition) is 8. The van der Waals surface area contributed by atoms with E-state index in [-0.39, 0.29) is 5.75 Å². The molecule has 2 aliphatic rings. The predicted octanol–water partition coefficient (Wildman–Crippen LogP) is -4.32. The Balaban J connectivity index is 2.22. The number of amides is 1. The zero-order valence-electron chi connectivity index (χ0n) is 14.0. The molecule has 2 fully saturated rings. The smallest absolute Gasteiger partial charge is 0.217 e. The Labute approximate surface area is 154 Å². The molecule has 26 heavy (non-hydrogen) atoms. The van der Waals surface area contributed by atoms with Crippen molar-refractivity contribution in [1.29, 1.82) is 0 Å². The van der Waals surface area contributed by atoms with Gasteiger partial charge in [-0.3, -0.25) is 4.79 Å². The Morgan fingerprint density at radius 1 is 1.04 bits per heavy atom. The molecule has 2 rings (SSSR count). The SMILES string of the molecule is CC(=O)N[C@H]1C(O[C@H]2[C@H](O)[C@@H](O)C(O)O[C@@H]2CO)O[C@H](CS)[C@@H](O)[C@@H]1O. The van der Waals surface area contributed by atoms with Crippen molar-refractivity contribution in [3.8, 4) is 0 Å². The Hall–Kier alpha value is -0.540. The number of ether oxygens (including phenoxy) is 3. The third kappa shape index (κ3) is 4.47. The highest BCUT2D eigenvalue weighted by atomic mass is 32.1. The van der Waals surface area contributed by atoms with Gasteiger partial charge in [0.25, 0.3) is 0 Å². The maximum atomic E-state index is 11.4. The molecule has 0 aromatic rings. The van der Waals surface area contributed by atoms with Gasteiger partial charge in [0.15, 0.2) is 12.6 Å². The van der Waals surface area contributed by atoms with Gasteiger partial charge < -0.3 is 50.2 Å². The molecule has 7 N–H and O–H groups in total. The fraction of sp³-hybridized carbons (Fsp3) is 0.929. The topological polar surface area (TPSA) is 178 Å². The largest absolute Gasteiger partial charge is 0.394 e. The van der Waals surface area contributed by atoms with Crippen LogP contribution in [-0.2, 0) is 19.0 Å². The van der Waals surface area contributed by atoms with Crippen LogP contribution in [0.5, 0.6) is 0 Å². The summed E-state index contributed by atoms with van der Waals surface area (Å²) in [7, 11) is 0. The van der Waals surface area contributed by atoms with E-state index in [0.29, 0.717) is 0 Å². The summed E-state index contributed by atoms with van der Waals surface area (Å²) in [6.45, 7) is 0.542. The van der Waals surface area contributed by atoms with Crippen LogP contribution in [-0.4, -0.2) is 110 Å². The van der Waals surface area contributed by atoms with Crippen LogP contribution in [0.25, 0.3) is 0 Å². The normalized spacial score (nSPS) is 46.8. The van der Waals surface area contributed by atoms with E-state index in [1.165, 1.54) is 6.92 Å². The highest BCUT2D eigenvalue weighted by molar-refractivity contribution is 7.80. The number of aliphatic hydroxyl groups excluding tert-OH is 6. The lowest BCUT2D eigenvalue weighted by atomic mass is 9.96. The van der Waals surface area contributed by atoms with Crippen molar-refractivity contribution in [2.45, 2.75) is 68.3 Å². The number of rotatable bonds is 5. The van der Waals surface area contributed by atoms with Crippen LogP contribution in [0, 0.1) is 0 Å². The van der Waals surface area contributed by atoms with Gasteiger partial charge in [0.2, 0.25) is 5.91 Å². The highest BCUT2D eigenvalue weighted by Gasteiger charge is 2.50. The van der Waals surface area contributed by atoms with Crippen molar-refractivity contribution in [2.75, 3.05) is 12.4 Å². The van der Waals surface area contributed by atoms with E-state index in [9.17, 15) is 35.4 Å². The lowest BCUT2D eigenvalue weighted by molar-refractivity contribution is -0.338. The molecule has 10 atom stereocenters. The van der Waals surface area contributed by atoms with Crippen molar-refractivity contribution < 1.29 is 49.6 Å². The molecule has 0 radical (unpaired) electrons. The van der Waals surface area contributed by atoms with E-state index < -0.39 is 73.9 Å². The quantitative estimate of drug-likeness (QED) is 0.211. The maximum absolute atomic E-state index is 11.4. The highest BCUT2D eigenvalue weighted by Crippen LogP contribution is 2.29. The van der Waals surface area contributed by atoms with Gasteiger partial charge in [-0.1, -0.05) is 0 Å². The van der Waals surface area contributed by atoms with E-state index in [1.807, 2.05) is 0 Å². The van der Waals surface area contributed by atoms with E-state index >= 15 is 0 Å². The van der Waals surface area contributed by atoms with Crippen molar-refractivity contribution >= 4 is 18.5 Å². The molecule has 2 heterocycles. The predicted molar refractivity (Wildman–Crippen MR) is 87.0 cm³/mol. The molecule has 2 aliphatic heterocycles. The van der Waals surface area contributed by atoms with Gasteiger partial charge in [-0.05, 0) is 0 Å². The molecule has 1 amide bonds. The Morgan fingerprint density at radius 3 is 2.23 bits per heavy atom. The summed E-state index contributed by atoms with van der Waals surface area (Å²) < 4.78 is 16.1. The average Bonchev–Trinajstić information content (AvgIpc) is 2.60. The summed E-state index contributed by atoms with van der Waals surface area (Å²) in [4.78, 5) is 11.4. The lowest BCUT2D eigenvalue weighted by Crippen LogP contribution is -2.67. The zero-order chi connectivity index (χ0) is 19.6. The number of aliphatic hydroxyl groups is 6. The summed E-state index contributed by atoms with van der Waals surface area (Å²) in [6.07, 6.45) is -12.7. The van der Waals surface area contributed by atoms with Crippen LogP contribution in [0.15, 0.2) is 0 Å². The van der Waals surface area contributed by atoms with E-state index in [1.54, 1.807) is 0 Å². The van der Waals surface area contributed by atoms with Crippen molar-refractivity contribution in [3.05, 3.63) is 0 Å². The first-order valence-corrected chi connectivity index (χ1v) is 8.70. The molecule has 2 unspecified atom stereocenters. The molecule has 0 saturated carbocycles. The minimum absolute atomic E-state index is 0.0271. The third-order valence-electron chi connectivity index (χ3n) is 4.38. The number of nitrogens with one attached hydrogen (secondary N) is 1. The molecule has 11 nitrogen and oxygen atoms in total. The van der Waals surface area contributed by atoms with Crippen molar-refractivity contribution in [2.24, 2.45) is 0 Å². The molecule has 2 saturated heterocycles. The minimum atomic E-state index is -1.72. The van der Waals surface area contributed by atoms with Gasteiger partial charge in [0.05, 0.1) is 12.7 Å². The second-order valence-electron chi connectivity index (χ2n) is 6.26. The van der Waals surface area contributed by atoms with Gasteiger partial charge >= 0.3 is 0 Å². The molecular formula is C14H25NO10S. The van der Waals surface area contributed by atoms with E-state index in [0.717, 1.165) is 0 Å². The molecule has 0 aliphatic carbocycles. The Morgan fingerprint density at radius 2 is 1.69 bits per heavy atom. The maximum Gasteiger partial charge on any atom is 0.217 e. The van der Waals surface area contributed by atoms with E-state index in [2.05, 4.69) is 17.9 Å². The van der Waals surface area contributed by atoms with Crippen molar-refractivity contribution in [3.63, 3.8) is 0 Å². The van der Waals surface area contributed by atoms with Crippen LogP contribution < -0.4 is 5.32 Å². The van der Waals surface area contributed by atoms with Gasteiger partial charge in [0, 0.05) is 12.7 Å². The zero-order valence-corrected chi connectivity index (χ0v) is 14.8. The summed E-state index contributed by atoms with van der Waals surface area (Å²) in [5.41, 5.74) is 0. The number of carbonyl (C=O) groups excluding carboxylic acids is 1. The molecule has 0 aromatic heterocycles. The van der Waals surface area contributed by atoms with Crippen LogP contribution >= 0.6 is 12.6 Å². The molecule has 12 heteroatoms.